The zero-order valence-corrected chi connectivity index (χ0v) is 12.8. The highest BCUT2D eigenvalue weighted by Crippen LogP contribution is 2.03. The maximum atomic E-state index is 3.21. The molecule has 0 saturated heterocycles. The van der Waals surface area contributed by atoms with Crippen LogP contribution in [0.4, 0.5) is 0 Å². The molecule has 0 saturated carbocycles. The van der Waals surface area contributed by atoms with Crippen molar-refractivity contribution in [2.45, 2.75) is 71.6 Å². The Hall–Kier alpha value is -1.22. The summed E-state index contributed by atoms with van der Waals surface area (Å²) in [5.74, 6) is 6.32. The smallest absolute Gasteiger partial charge is 0.00922 e. The lowest BCUT2D eigenvalue weighted by Crippen LogP contribution is -1.75. The molecule has 0 rings (SSSR count). The highest BCUT2D eigenvalue weighted by Gasteiger charge is 1.85. The summed E-state index contributed by atoms with van der Waals surface area (Å²) in [7, 11) is 0. The fourth-order valence-electron chi connectivity index (χ4n) is 1.69. The second-order valence-electron chi connectivity index (χ2n) is 4.71. The summed E-state index contributed by atoms with van der Waals surface area (Å²) < 4.78 is 0. The fraction of sp³-hybridized carbons (Fsp3) is 0.579. The van der Waals surface area contributed by atoms with Gasteiger partial charge in [0.15, 0.2) is 0 Å². The van der Waals surface area contributed by atoms with Crippen molar-refractivity contribution in [2.75, 3.05) is 0 Å². The third-order valence-electron chi connectivity index (χ3n) is 2.82. The molecular formula is C19H30. The lowest BCUT2D eigenvalue weighted by molar-refractivity contribution is 0.641. The minimum atomic E-state index is 0.991. The van der Waals surface area contributed by atoms with Crippen LogP contribution < -0.4 is 0 Å². The summed E-state index contributed by atoms with van der Waals surface area (Å²) in [6, 6.07) is 0. The molecule has 0 spiro atoms. The van der Waals surface area contributed by atoms with Gasteiger partial charge in [-0.2, -0.15) is 0 Å². The van der Waals surface area contributed by atoms with Gasteiger partial charge in [-0.1, -0.05) is 81.8 Å². The van der Waals surface area contributed by atoms with Crippen LogP contribution in [-0.4, -0.2) is 0 Å². The molecule has 0 aromatic rings. The molecule has 0 heterocycles. The van der Waals surface area contributed by atoms with E-state index in [-0.39, 0.29) is 0 Å². The second-order valence-corrected chi connectivity index (χ2v) is 4.71. The van der Waals surface area contributed by atoms with E-state index in [1.165, 1.54) is 32.1 Å². The van der Waals surface area contributed by atoms with Gasteiger partial charge in [-0.05, 0) is 31.8 Å². The summed E-state index contributed by atoms with van der Waals surface area (Å²) in [4.78, 5) is 0. The van der Waals surface area contributed by atoms with Crippen LogP contribution in [0, 0.1) is 11.8 Å². The quantitative estimate of drug-likeness (QED) is 0.248. The molecule has 0 aliphatic heterocycles. The molecule has 0 unspecified atom stereocenters. The molecule has 0 aliphatic carbocycles. The summed E-state index contributed by atoms with van der Waals surface area (Å²) in [6.07, 6.45) is 23.8. The minimum absolute atomic E-state index is 0.991. The Morgan fingerprint density at radius 3 is 2.16 bits per heavy atom. The van der Waals surface area contributed by atoms with Crippen LogP contribution >= 0.6 is 0 Å². The molecule has 0 aliphatic rings. The van der Waals surface area contributed by atoms with E-state index in [4.69, 9.17) is 0 Å². The van der Waals surface area contributed by atoms with Gasteiger partial charge in [0.05, 0.1) is 0 Å². The standard InChI is InChI=1S/C19H30/c1-3-5-7-9-11-13-15-17-19-18-16-14-12-10-8-6-4-2/h5,7,11,13,17,19H,3-4,6,8-10,12,14-15H2,1-2H3/b7-5-,13-11-,19-17-. The van der Waals surface area contributed by atoms with Crippen molar-refractivity contribution in [3.8, 4) is 11.8 Å². The molecule has 0 aromatic heterocycles. The Bertz CT molecular complexity index is 307. The fourth-order valence-corrected chi connectivity index (χ4v) is 1.69. The molecule has 0 heteroatoms. The molecule has 0 N–H and O–H groups in total. The first-order valence-corrected chi connectivity index (χ1v) is 7.85. The molecule has 0 radical (unpaired) electrons. The lowest BCUT2D eigenvalue weighted by atomic mass is 10.1. The van der Waals surface area contributed by atoms with Gasteiger partial charge in [-0.15, -0.1) is 0 Å². The van der Waals surface area contributed by atoms with Crippen LogP contribution in [0.15, 0.2) is 36.5 Å². The van der Waals surface area contributed by atoms with Crippen LogP contribution in [-0.2, 0) is 0 Å². The highest BCUT2D eigenvalue weighted by atomic mass is 13.9. The zero-order valence-electron chi connectivity index (χ0n) is 12.8. The van der Waals surface area contributed by atoms with Gasteiger partial charge in [0.2, 0.25) is 0 Å². The third kappa shape index (κ3) is 16.8. The summed E-state index contributed by atoms with van der Waals surface area (Å²) >= 11 is 0. The normalized spacial score (nSPS) is 11.5. The number of hydrogen-bond acceptors (Lipinski definition) is 0. The number of allylic oxidation sites excluding steroid dienone is 6. The zero-order chi connectivity index (χ0) is 14.0. The van der Waals surface area contributed by atoms with Gasteiger partial charge in [0.25, 0.3) is 0 Å². The van der Waals surface area contributed by atoms with E-state index in [2.05, 4.69) is 56.1 Å². The molecule has 0 aromatic carbocycles. The van der Waals surface area contributed by atoms with E-state index in [1.807, 2.05) is 6.08 Å². The van der Waals surface area contributed by atoms with Gasteiger partial charge >= 0.3 is 0 Å². The molecule has 0 nitrogen and oxygen atoms in total. The van der Waals surface area contributed by atoms with Crippen molar-refractivity contribution in [1.29, 1.82) is 0 Å². The van der Waals surface area contributed by atoms with Crippen molar-refractivity contribution >= 4 is 0 Å². The van der Waals surface area contributed by atoms with Crippen LogP contribution in [0.5, 0.6) is 0 Å². The SMILES string of the molecule is CC/C=C\C/C=C\C/C=C\C#CCCCCCCC. The molecule has 106 valence electrons. The number of rotatable bonds is 10. The predicted molar refractivity (Wildman–Crippen MR) is 88.1 cm³/mol. The summed E-state index contributed by atoms with van der Waals surface area (Å²) in [5.41, 5.74) is 0. The van der Waals surface area contributed by atoms with Crippen LogP contribution in [0.3, 0.4) is 0 Å². The highest BCUT2D eigenvalue weighted by molar-refractivity contribution is 5.16. The van der Waals surface area contributed by atoms with E-state index in [1.54, 1.807) is 0 Å². The van der Waals surface area contributed by atoms with E-state index >= 15 is 0 Å². The average molecular weight is 258 g/mol. The number of hydrogen-bond donors (Lipinski definition) is 0. The second kappa shape index (κ2) is 16.8. The third-order valence-corrected chi connectivity index (χ3v) is 2.82. The van der Waals surface area contributed by atoms with E-state index in [9.17, 15) is 0 Å². The Morgan fingerprint density at radius 2 is 1.42 bits per heavy atom. The van der Waals surface area contributed by atoms with Crippen molar-refractivity contribution in [1.82, 2.24) is 0 Å². The van der Waals surface area contributed by atoms with E-state index < -0.39 is 0 Å². The van der Waals surface area contributed by atoms with E-state index in [0.717, 1.165) is 25.7 Å². The van der Waals surface area contributed by atoms with Crippen molar-refractivity contribution < 1.29 is 0 Å². The monoisotopic (exact) mass is 258 g/mol. The molecule has 0 amide bonds. The van der Waals surface area contributed by atoms with Crippen LogP contribution in [0.2, 0.25) is 0 Å². The Balaban J connectivity index is 3.40. The number of unbranched alkanes of at least 4 members (excludes halogenated alkanes) is 5. The minimum Gasteiger partial charge on any atom is -0.0985 e. The maximum Gasteiger partial charge on any atom is 0.00922 e. The van der Waals surface area contributed by atoms with Crippen molar-refractivity contribution in [3.63, 3.8) is 0 Å². The van der Waals surface area contributed by atoms with Gasteiger partial charge in [0.1, 0.15) is 0 Å². The van der Waals surface area contributed by atoms with Gasteiger partial charge in [0, 0.05) is 6.42 Å². The summed E-state index contributed by atoms with van der Waals surface area (Å²) in [5, 5.41) is 0. The van der Waals surface area contributed by atoms with Crippen molar-refractivity contribution in [3.05, 3.63) is 36.5 Å². The average Bonchev–Trinajstić information content (AvgIpc) is 2.43. The molecular weight excluding hydrogens is 228 g/mol. The predicted octanol–water partition coefficient (Wildman–Crippen LogP) is 6.21. The maximum absolute atomic E-state index is 3.21. The largest absolute Gasteiger partial charge is 0.0985 e. The van der Waals surface area contributed by atoms with Crippen LogP contribution in [0.1, 0.15) is 71.6 Å². The topological polar surface area (TPSA) is 0 Å². The van der Waals surface area contributed by atoms with Gasteiger partial charge in [-0.25, -0.2) is 0 Å². The first kappa shape index (κ1) is 17.8. The summed E-state index contributed by atoms with van der Waals surface area (Å²) in [6.45, 7) is 4.41. The first-order valence-electron chi connectivity index (χ1n) is 7.85. The van der Waals surface area contributed by atoms with E-state index in [0.29, 0.717) is 0 Å². The van der Waals surface area contributed by atoms with Crippen molar-refractivity contribution in [2.24, 2.45) is 0 Å². The van der Waals surface area contributed by atoms with Gasteiger partial charge < -0.3 is 0 Å². The van der Waals surface area contributed by atoms with Gasteiger partial charge in [-0.3, -0.25) is 0 Å². The Kier molecular flexibility index (Phi) is 15.7. The first-order chi connectivity index (χ1) is 9.41. The molecule has 0 atom stereocenters. The molecule has 0 bridgehead atoms. The Labute approximate surface area is 120 Å². The van der Waals surface area contributed by atoms with Crippen LogP contribution in [0.25, 0.3) is 0 Å². The molecule has 19 heavy (non-hydrogen) atoms. The Morgan fingerprint density at radius 1 is 0.737 bits per heavy atom. The lowest BCUT2D eigenvalue weighted by Gasteiger charge is -1.94. The molecule has 0 fully saturated rings.